The van der Waals surface area contributed by atoms with Gasteiger partial charge in [0.1, 0.15) is 11.9 Å². The monoisotopic (exact) mass is 278 g/mol. The van der Waals surface area contributed by atoms with Gasteiger partial charge in [0.25, 0.3) is 0 Å². The van der Waals surface area contributed by atoms with Crippen molar-refractivity contribution in [3.8, 4) is 23.7 Å². The standard InChI is InChI=1S/C17H26O3/c1-2-3-4-10-13-16(19)17(20)14-11-8-6-5-7-9-12-15-18/h13,17-20H,2-4,9-12,14-15H2,1H3/t17-/m1/s1. The van der Waals surface area contributed by atoms with Crippen molar-refractivity contribution in [3.63, 3.8) is 0 Å². The Morgan fingerprint density at radius 1 is 1.10 bits per heavy atom. The van der Waals surface area contributed by atoms with Crippen LogP contribution in [0, 0.1) is 23.7 Å². The van der Waals surface area contributed by atoms with Gasteiger partial charge < -0.3 is 15.3 Å². The molecule has 0 saturated carbocycles. The fourth-order valence-corrected chi connectivity index (χ4v) is 1.52. The van der Waals surface area contributed by atoms with E-state index in [1.54, 1.807) is 6.08 Å². The largest absolute Gasteiger partial charge is 0.510 e. The predicted octanol–water partition coefficient (Wildman–Crippen LogP) is 2.93. The van der Waals surface area contributed by atoms with Crippen LogP contribution in [-0.4, -0.2) is 28.0 Å². The first-order valence-electron chi connectivity index (χ1n) is 7.36. The molecule has 0 radical (unpaired) electrons. The smallest absolute Gasteiger partial charge is 0.117 e. The molecule has 112 valence electrons. The van der Waals surface area contributed by atoms with Gasteiger partial charge in [-0.15, -0.1) is 0 Å². The number of hydrogen-bond acceptors (Lipinski definition) is 3. The lowest BCUT2D eigenvalue weighted by Gasteiger charge is -2.07. The van der Waals surface area contributed by atoms with E-state index < -0.39 is 6.10 Å². The van der Waals surface area contributed by atoms with Crippen LogP contribution in [-0.2, 0) is 0 Å². The van der Waals surface area contributed by atoms with Gasteiger partial charge in [-0.25, -0.2) is 0 Å². The quantitative estimate of drug-likeness (QED) is 0.345. The lowest BCUT2D eigenvalue weighted by molar-refractivity contribution is 0.145. The molecular formula is C17H26O3. The van der Waals surface area contributed by atoms with Gasteiger partial charge in [-0.05, 0) is 43.6 Å². The summed E-state index contributed by atoms with van der Waals surface area (Å²) in [5.41, 5.74) is 0. The zero-order chi connectivity index (χ0) is 15.1. The SMILES string of the molecule is CCCCCC=C(O)[C@H](O)CCC#CC#CCCCO. The molecule has 0 aliphatic heterocycles. The van der Waals surface area contributed by atoms with Gasteiger partial charge in [0, 0.05) is 19.4 Å². The fraction of sp³-hybridized carbons (Fsp3) is 0.647. The summed E-state index contributed by atoms with van der Waals surface area (Å²) in [7, 11) is 0. The van der Waals surface area contributed by atoms with Gasteiger partial charge >= 0.3 is 0 Å². The summed E-state index contributed by atoms with van der Waals surface area (Å²) in [5.74, 6) is 11.1. The highest BCUT2D eigenvalue weighted by molar-refractivity contribution is 5.25. The number of aliphatic hydroxyl groups is 3. The second-order valence-electron chi connectivity index (χ2n) is 4.61. The Morgan fingerprint density at radius 2 is 1.80 bits per heavy atom. The van der Waals surface area contributed by atoms with Crippen LogP contribution in [0.4, 0.5) is 0 Å². The third-order valence-electron chi connectivity index (χ3n) is 2.74. The molecule has 0 bridgehead atoms. The summed E-state index contributed by atoms with van der Waals surface area (Å²) in [4.78, 5) is 0. The average Bonchev–Trinajstić information content (AvgIpc) is 2.46. The zero-order valence-corrected chi connectivity index (χ0v) is 12.4. The maximum atomic E-state index is 9.70. The molecule has 3 heteroatoms. The van der Waals surface area contributed by atoms with E-state index in [4.69, 9.17) is 5.11 Å². The van der Waals surface area contributed by atoms with Crippen LogP contribution < -0.4 is 0 Å². The van der Waals surface area contributed by atoms with Crippen LogP contribution in [0.5, 0.6) is 0 Å². The number of aliphatic hydroxyl groups excluding tert-OH is 3. The van der Waals surface area contributed by atoms with Gasteiger partial charge in [0.2, 0.25) is 0 Å². The minimum Gasteiger partial charge on any atom is -0.510 e. The van der Waals surface area contributed by atoms with Crippen LogP contribution in [0.3, 0.4) is 0 Å². The number of hydrogen-bond donors (Lipinski definition) is 3. The highest BCUT2D eigenvalue weighted by atomic mass is 16.3. The molecule has 0 heterocycles. The number of unbranched alkanes of at least 4 members (excludes halogenated alkanes) is 4. The molecule has 3 nitrogen and oxygen atoms in total. The van der Waals surface area contributed by atoms with Crippen molar-refractivity contribution < 1.29 is 15.3 Å². The topological polar surface area (TPSA) is 60.7 Å². The van der Waals surface area contributed by atoms with Crippen molar-refractivity contribution in [2.75, 3.05) is 6.61 Å². The Kier molecular flexibility index (Phi) is 13.0. The zero-order valence-electron chi connectivity index (χ0n) is 12.4. The van der Waals surface area contributed by atoms with E-state index in [9.17, 15) is 10.2 Å². The van der Waals surface area contributed by atoms with E-state index in [1.165, 1.54) is 0 Å². The van der Waals surface area contributed by atoms with Gasteiger partial charge in [-0.2, -0.15) is 0 Å². The molecular weight excluding hydrogens is 252 g/mol. The molecule has 0 fully saturated rings. The van der Waals surface area contributed by atoms with Crippen LogP contribution in [0.25, 0.3) is 0 Å². The second kappa shape index (κ2) is 14.0. The molecule has 0 aliphatic rings. The van der Waals surface area contributed by atoms with Crippen LogP contribution >= 0.6 is 0 Å². The lowest BCUT2D eigenvalue weighted by Crippen LogP contribution is -2.09. The minimum absolute atomic E-state index is 0.0527. The normalized spacial score (nSPS) is 12.1. The van der Waals surface area contributed by atoms with Crippen molar-refractivity contribution in [1.29, 1.82) is 0 Å². The maximum absolute atomic E-state index is 9.70. The number of rotatable bonds is 9. The van der Waals surface area contributed by atoms with E-state index in [1.807, 2.05) is 0 Å². The summed E-state index contributed by atoms with van der Waals surface area (Å²) in [6, 6.07) is 0. The van der Waals surface area contributed by atoms with E-state index in [2.05, 4.69) is 30.6 Å². The molecule has 0 aromatic rings. The molecule has 0 aromatic heterocycles. The first-order valence-corrected chi connectivity index (χ1v) is 7.36. The van der Waals surface area contributed by atoms with Crippen LogP contribution in [0.1, 0.15) is 58.3 Å². The molecule has 0 aliphatic carbocycles. The third-order valence-corrected chi connectivity index (χ3v) is 2.74. The van der Waals surface area contributed by atoms with Gasteiger partial charge in [-0.3, -0.25) is 0 Å². The first-order chi connectivity index (χ1) is 9.72. The van der Waals surface area contributed by atoms with E-state index in [0.29, 0.717) is 25.7 Å². The van der Waals surface area contributed by atoms with Crippen LogP contribution in [0.2, 0.25) is 0 Å². The van der Waals surface area contributed by atoms with E-state index >= 15 is 0 Å². The Labute approximate surface area is 122 Å². The molecule has 0 saturated heterocycles. The number of allylic oxidation sites excluding steroid dienone is 1. The Bertz CT molecular complexity index is 377. The fourth-order valence-electron chi connectivity index (χ4n) is 1.52. The third kappa shape index (κ3) is 11.7. The minimum atomic E-state index is -0.826. The summed E-state index contributed by atoms with van der Waals surface area (Å²) >= 11 is 0. The van der Waals surface area contributed by atoms with Gasteiger partial charge in [0.05, 0.1) is 0 Å². The molecule has 0 unspecified atom stereocenters. The second-order valence-corrected chi connectivity index (χ2v) is 4.61. The molecule has 0 spiro atoms. The van der Waals surface area contributed by atoms with Crippen molar-refractivity contribution in [1.82, 2.24) is 0 Å². The Balaban J connectivity index is 3.82. The molecule has 0 aromatic carbocycles. The van der Waals surface area contributed by atoms with Crippen molar-refractivity contribution in [2.24, 2.45) is 0 Å². The van der Waals surface area contributed by atoms with Crippen molar-refractivity contribution in [3.05, 3.63) is 11.8 Å². The van der Waals surface area contributed by atoms with Crippen LogP contribution in [0.15, 0.2) is 11.8 Å². The average molecular weight is 278 g/mol. The molecule has 0 amide bonds. The maximum Gasteiger partial charge on any atom is 0.117 e. The summed E-state index contributed by atoms with van der Waals surface area (Å²) in [6.07, 6.45) is 7.24. The summed E-state index contributed by atoms with van der Waals surface area (Å²) in [5, 5.41) is 27.9. The van der Waals surface area contributed by atoms with Crippen molar-refractivity contribution >= 4 is 0 Å². The van der Waals surface area contributed by atoms with Gasteiger partial charge in [0.15, 0.2) is 0 Å². The van der Waals surface area contributed by atoms with Crippen molar-refractivity contribution in [2.45, 2.75) is 64.4 Å². The Hall–Kier alpha value is -1.42. The molecule has 20 heavy (non-hydrogen) atoms. The summed E-state index contributed by atoms with van der Waals surface area (Å²) < 4.78 is 0. The molecule has 1 atom stereocenters. The molecule has 3 N–H and O–H groups in total. The molecule has 0 rings (SSSR count). The van der Waals surface area contributed by atoms with E-state index in [-0.39, 0.29) is 12.4 Å². The highest BCUT2D eigenvalue weighted by Gasteiger charge is 2.07. The first kappa shape index (κ1) is 18.6. The highest BCUT2D eigenvalue weighted by Crippen LogP contribution is 2.08. The van der Waals surface area contributed by atoms with E-state index in [0.717, 1.165) is 25.7 Å². The summed E-state index contributed by atoms with van der Waals surface area (Å²) in [6.45, 7) is 2.28. The van der Waals surface area contributed by atoms with Gasteiger partial charge in [-0.1, -0.05) is 31.6 Å². The lowest BCUT2D eigenvalue weighted by atomic mass is 10.1. The Morgan fingerprint density at radius 3 is 2.45 bits per heavy atom. The predicted molar refractivity (Wildman–Crippen MR) is 82.0 cm³/mol.